The number of aliphatic hydroxyl groups is 1. The zero-order valence-corrected chi connectivity index (χ0v) is 25.4. The number of oxazole rings is 1. The Morgan fingerprint density at radius 1 is 1.00 bits per heavy atom. The summed E-state index contributed by atoms with van der Waals surface area (Å²) in [7, 11) is -3.68. The van der Waals surface area contributed by atoms with Crippen molar-refractivity contribution >= 4 is 16.6 Å². The van der Waals surface area contributed by atoms with Gasteiger partial charge in [-0.3, -0.25) is 0 Å². The molecule has 2 atom stereocenters. The first kappa shape index (κ1) is 30.0. The van der Waals surface area contributed by atoms with Gasteiger partial charge in [-0.1, -0.05) is 71.9 Å². The molecule has 0 bridgehead atoms. The predicted octanol–water partition coefficient (Wildman–Crippen LogP) is 7.69. The Hall–Kier alpha value is -1.26. The van der Waals surface area contributed by atoms with Crippen LogP contribution in [0.1, 0.15) is 77.6 Å². The van der Waals surface area contributed by atoms with Gasteiger partial charge < -0.3 is 18.4 Å². The molecule has 2 aromatic rings. The highest BCUT2D eigenvalue weighted by molar-refractivity contribution is 6.74. The number of rotatable bonds is 15. The van der Waals surface area contributed by atoms with Gasteiger partial charge in [-0.2, -0.15) is 0 Å². The van der Waals surface area contributed by atoms with Gasteiger partial charge in [0, 0.05) is 13.0 Å². The summed E-state index contributed by atoms with van der Waals surface area (Å²) in [5.41, 5.74) is 2.07. The molecule has 0 saturated carbocycles. The maximum Gasteiger partial charge on any atom is 0.196 e. The maximum absolute atomic E-state index is 10.6. The molecule has 5 nitrogen and oxygen atoms in total. The first-order valence-electron chi connectivity index (χ1n) is 13.4. The van der Waals surface area contributed by atoms with Crippen molar-refractivity contribution in [2.75, 3.05) is 6.61 Å². The number of aliphatic hydroxyl groups excluding tert-OH is 1. The SMILES string of the molecule is CC[Si](CC)(CC)O[C@H](CCO[Si](C)(C)C(C)(C)C)c1coc(CC(O)CCc2ccccc2)n1. The Balaban J connectivity index is 2.08. The van der Waals surface area contributed by atoms with Crippen LogP contribution in [0.15, 0.2) is 41.0 Å². The van der Waals surface area contributed by atoms with E-state index in [0.717, 1.165) is 36.7 Å². The highest BCUT2D eigenvalue weighted by Gasteiger charge is 2.38. The molecule has 1 aromatic heterocycles. The fourth-order valence-electron chi connectivity index (χ4n) is 4.05. The minimum Gasteiger partial charge on any atom is -0.449 e. The zero-order valence-electron chi connectivity index (χ0n) is 23.4. The van der Waals surface area contributed by atoms with Gasteiger partial charge in [0.15, 0.2) is 22.5 Å². The van der Waals surface area contributed by atoms with Crippen LogP contribution in [-0.2, 0) is 21.7 Å². The average Bonchev–Trinajstić information content (AvgIpc) is 3.28. The molecule has 2 rings (SSSR count). The maximum atomic E-state index is 10.6. The van der Waals surface area contributed by atoms with E-state index in [-0.39, 0.29) is 11.1 Å². The summed E-state index contributed by atoms with van der Waals surface area (Å²) in [6.07, 6.45) is 3.81. The van der Waals surface area contributed by atoms with Crippen molar-refractivity contribution in [2.24, 2.45) is 0 Å². The second-order valence-electron chi connectivity index (χ2n) is 11.3. The third-order valence-electron chi connectivity index (χ3n) is 7.89. The molecule has 0 fully saturated rings. The first-order valence-corrected chi connectivity index (χ1v) is 18.9. The Labute approximate surface area is 215 Å². The number of aryl methyl sites for hydroxylation is 1. The zero-order chi connectivity index (χ0) is 26.1. The van der Waals surface area contributed by atoms with E-state index >= 15 is 0 Å². The lowest BCUT2D eigenvalue weighted by Gasteiger charge is -2.37. The number of aromatic nitrogens is 1. The van der Waals surface area contributed by atoms with E-state index < -0.39 is 22.7 Å². The van der Waals surface area contributed by atoms with Crippen LogP contribution in [0, 0.1) is 0 Å². The first-order chi connectivity index (χ1) is 16.4. The summed E-state index contributed by atoms with van der Waals surface area (Å²) in [6.45, 7) is 18.8. The molecule has 0 aliphatic rings. The van der Waals surface area contributed by atoms with E-state index in [0.29, 0.717) is 25.3 Å². The number of hydrogen-bond donors (Lipinski definition) is 1. The lowest BCUT2D eigenvalue weighted by atomic mass is 10.1. The average molecular weight is 520 g/mol. The van der Waals surface area contributed by atoms with Crippen LogP contribution < -0.4 is 0 Å². The fourth-order valence-corrected chi connectivity index (χ4v) is 7.96. The van der Waals surface area contributed by atoms with Gasteiger partial charge in [-0.05, 0) is 54.7 Å². The second kappa shape index (κ2) is 13.3. The highest BCUT2D eigenvalue weighted by Crippen LogP contribution is 2.37. The van der Waals surface area contributed by atoms with Crippen molar-refractivity contribution < 1.29 is 18.4 Å². The Morgan fingerprint density at radius 2 is 1.63 bits per heavy atom. The molecule has 1 aromatic carbocycles. The van der Waals surface area contributed by atoms with E-state index in [4.69, 9.17) is 18.3 Å². The summed E-state index contributed by atoms with van der Waals surface area (Å²) in [6, 6.07) is 13.5. The molecule has 0 amide bonds. The van der Waals surface area contributed by atoms with E-state index in [1.165, 1.54) is 5.56 Å². The van der Waals surface area contributed by atoms with Crippen molar-refractivity contribution in [2.45, 2.75) is 116 Å². The third-order valence-corrected chi connectivity index (χ3v) is 17.1. The molecule has 1 N–H and O–H groups in total. The normalized spacial score (nSPS) is 14.8. The van der Waals surface area contributed by atoms with Crippen LogP contribution in [0.2, 0.25) is 36.3 Å². The molecular formula is C28H49NO4Si2. The molecule has 35 heavy (non-hydrogen) atoms. The molecule has 0 aliphatic heterocycles. The highest BCUT2D eigenvalue weighted by atomic mass is 28.4. The van der Waals surface area contributed by atoms with E-state index in [1.54, 1.807) is 6.26 Å². The molecule has 0 saturated heterocycles. The quantitative estimate of drug-likeness (QED) is 0.244. The van der Waals surface area contributed by atoms with Gasteiger partial charge in [-0.15, -0.1) is 0 Å². The lowest BCUT2D eigenvalue weighted by molar-refractivity contribution is 0.142. The minimum atomic E-state index is -1.84. The van der Waals surface area contributed by atoms with Crippen LogP contribution >= 0.6 is 0 Å². The molecule has 1 heterocycles. The van der Waals surface area contributed by atoms with Crippen molar-refractivity contribution in [3.05, 3.63) is 53.7 Å². The lowest BCUT2D eigenvalue weighted by Crippen LogP contribution is -2.41. The molecule has 198 valence electrons. The topological polar surface area (TPSA) is 64.7 Å². The van der Waals surface area contributed by atoms with Gasteiger partial charge in [0.1, 0.15) is 12.0 Å². The van der Waals surface area contributed by atoms with E-state index in [9.17, 15) is 5.11 Å². The van der Waals surface area contributed by atoms with Gasteiger partial charge in [0.2, 0.25) is 0 Å². The largest absolute Gasteiger partial charge is 0.449 e. The predicted molar refractivity (Wildman–Crippen MR) is 150 cm³/mol. The standard InChI is InChI=1S/C28H49NO4Si2/c1-9-35(10-2,11-3)33-26(19-20-32-34(7,8)28(4,5)6)25-22-31-27(29-25)21-24(30)18-17-23-15-13-12-14-16-23/h12-16,22,24,26,30H,9-11,17-21H2,1-8H3/t24?,26-/m1/s1. The van der Waals surface area contributed by atoms with Crippen molar-refractivity contribution in [3.63, 3.8) is 0 Å². The minimum absolute atomic E-state index is 0.134. The van der Waals surface area contributed by atoms with Crippen LogP contribution in [-0.4, -0.2) is 39.4 Å². The summed E-state index contributed by atoms with van der Waals surface area (Å²) in [5.74, 6) is 0.580. The molecule has 7 heteroatoms. The van der Waals surface area contributed by atoms with Crippen molar-refractivity contribution in [3.8, 4) is 0 Å². The van der Waals surface area contributed by atoms with Crippen LogP contribution in [0.4, 0.5) is 0 Å². The Morgan fingerprint density at radius 3 is 2.20 bits per heavy atom. The summed E-state index contributed by atoms with van der Waals surface area (Å²) < 4.78 is 19.2. The smallest absolute Gasteiger partial charge is 0.196 e. The number of nitrogens with zero attached hydrogens (tertiary/aromatic N) is 1. The summed E-state index contributed by atoms with van der Waals surface area (Å²) >= 11 is 0. The molecule has 0 aliphatic carbocycles. The second-order valence-corrected chi connectivity index (χ2v) is 20.8. The number of hydrogen-bond acceptors (Lipinski definition) is 5. The monoisotopic (exact) mass is 519 g/mol. The molecule has 0 radical (unpaired) electrons. The summed E-state index contributed by atoms with van der Waals surface area (Å²) in [4.78, 5) is 4.78. The molecular weight excluding hydrogens is 470 g/mol. The van der Waals surface area contributed by atoms with E-state index in [1.807, 2.05) is 18.2 Å². The van der Waals surface area contributed by atoms with Gasteiger partial charge in [0.05, 0.1) is 18.6 Å². The molecule has 0 spiro atoms. The van der Waals surface area contributed by atoms with Crippen LogP contribution in [0.25, 0.3) is 0 Å². The number of benzene rings is 1. The van der Waals surface area contributed by atoms with E-state index in [2.05, 4.69) is 66.8 Å². The summed E-state index contributed by atoms with van der Waals surface area (Å²) in [5, 5.41) is 10.8. The van der Waals surface area contributed by atoms with Gasteiger partial charge in [-0.25, -0.2) is 4.98 Å². The Bertz CT molecular complexity index is 851. The van der Waals surface area contributed by atoms with Crippen molar-refractivity contribution in [1.82, 2.24) is 4.98 Å². The third kappa shape index (κ3) is 8.97. The Kier molecular flexibility index (Phi) is 11.4. The fraction of sp³-hybridized carbons (Fsp3) is 0.679. The van der Waals surface area contributed by atoms with Crippen molar-refractivity contribution in [1.29, 1.82) is 0 Å². The molecule has 1 unspecified atom stereocenters. The van der Waals surface area contributed by atoms with Gasteiger partial charge >= 0.3 is 0 Å². The van der Waals surface area contributed by atoms with Gasteiger partial charge in [0.25, 0.3) is 0 Å². The van der Waals surface area contributed by atoms with Crippen LogP contribution in [0.5, 0.6) is 0 Å². The van der Waals surface area contributed by atoms with Crippen LogP contribution in [0.3, 0.4) is 0 Å².